The van der Waals surface area contributed by atoms with Crippen LogP contribution in [0.1, 0.15) is 18.2 Å². The number of halogens is 1. The largest absolute Gasteiger partial charge is 0.381 e. The standard InChI is InChI=1S/C14H16ClN3O2/c1-16-12-6-7-19-8-10(12)14-17-13(18-20-14)9-4-2-3-5-11(9)15/h2-5,10,12,16H,6-8H2,1H3. The number of nitrogens with zero attached hydrogens (tertiary/aromatic N) is 2. The van der Waals surface area contributed by atoms with Crippen LogP contribution in [0.5, 0.6) is 0 Å². The van der Waals surface area contributed by atoms with Gasteiger partial charge in [0.25, 0.3) is 0 Å². The lowest BCUT2D eigenvalue weighted by atomic mass is 9.96. The van der Waals surface area contributed by atoms with Crippen LogP contribution in [0.25, 0.3) is 11.4 Å². The first-order chi connectivity index (χ1) is 9.79. The fourth-order valence-corrected chi connectivity index (χ4v) is 2.68. The van der Waals surface area contributed by atoms with Gasteiger partial charge in [-0.3, -0.25) is 0 Å². The van der Waals surface area contributed by atoms with Crippen molar-refractivity contribution in [3.05, 3.63) is 35.2 Å². The van der Waals surface area contributed by atoms with Crippen molar-refractivity contribution in [2.45, 2.75) is 18.4 Å². The molecule has 0 spiro atoms. The summed E-state index contributed by atoms with van der Waals surface area (Å²) in [4.78, 5) is 4.48. The third-order valence-corrected chi connectivity index (χ3v) is 3.93. The Kier molecular flexibility index (Phi) is 4.00. The Bertz CT molecular complexity index is 587. The summed E-state index contributed by atoms with van der Waals surface area (Å²) in [6, 6.07) is 7.76. The van der Waals surface area contributed by atoms with Gasteiger partial charge in [-0.1, -0.05) is 28.9 Å². The lowest BCUT2D eigenvalue weighted by molar-refractivity contribution is 0.0516. The molecule has 5 nitrogen and oxygen atoms in total. The van der Waals surface area contributed by atoms with E-state index in [9.17, 15) is 0 Å². The predicted molar refractivity (Wildman–Crippen MR) is 75.8 cm³/mol. The van der Waals surface area contributed by atoms with Gasteiger partial charge in [-0.05, 0) is 25.6 Å². The van der Waals surface area contributed by atoms with Gasteiger partial charge in [-0.15, -0.1) is 0 Å². The van der Waals surface area contributed by atoms with E-state index in [0.29, 0.717) is 29.4 Å². The molecule has 6 heteroatoms. The maximum atomic E-state index is 6.15. The van der Waals surface area contributed by atoms with Crippen molar-refractivity contribution < 1.29 is 9.26 Å². The van der Waals surface area contributed by atoms with Crippen LogP contribution >= 0.6 is 11.6 Å². The van der Waals surface area contributed by atoms with Gasteiger partial charge in [0.05, 0.1) is 17.5 Å². The Morgan fingerprint density at radius 3 is 3.00 bits per heavy atom. The van der Waals surface area contributed by atoms with Gasteiger partial charge in [0.2, 0.25) is 11.7 Å². The van der Waals surface area contributed by atoms with Gasteiger partial charge in [0, 0.05) is 18.2 Å². The fraction of sp³-hybridized carbons (Fsp3) is 0.429. The highest BCUT2D eigenvalue weighted by atomic mass is 35.5. The summed E-state index contributed by atoms with van der Waals surface area (Å²) in [5.74, 6) is 1.20. The zero-order chi connectivity index (χ0) is 13.9. The molecule has 1 aromatic carbocycles. The lowest BCUT2D eigenvalue weighted by Gasteiger charge is -2.28. The van der Waals surface area contributed by atoms with E-state index in [4.69, 9.17) is 20.9 Å². The van der Waals surface area contributed by atoms with E-state index in [1.54, 1.807) is 0 Å². The molecule has 106 valence electrons. The second-order valence-electron chi connectivity index (χ2n) is 4.80. The van der Waals surface area contributed by atoms with Crippen molar-refractivity contribution in [2.24, 2.45) is 0 Å². The highest BCUT2D eigenvalue weighted by molar-refractivity contribution is 6.33. The summed E-state index contributed by atoms with van der Waals surface area (Å²) in [6.45, 7) is 1.35. The summed E-state index contributed by atoms with van der Waals surface area (Å²) in [5, 5.41) is 7.93. The molecular formula is C14H16ClN3O2. The van der Waals surface area contributed by atoms with Crippen LogP contribution in [-0.2, 0) is 4.74 Å². The molecule has 3 rings (SSSR count). The van der Waals surface area contributed by atoms with Crippen LogP contribution in [-0.4, -0.2) is 36.4 Å². The van der Waals surface area contributed by atoms with E-state index in [1.807, 2.05) is 31.3 Å². The van der Waals surface area contributed by atoms with E-state index in [0.717, 1.165) is 18.6 Å². The molecule has 1 aliphatic heterocycles. The zero-order valence-electron chi connectivity index (χ0n) is 11.2. The highest BCUT2D eigenvalue weighted by Gasteiger charge is 2.30. The normalized spacial score (nSPS) is 22.9. The molecule has 1 saturated heterocycles. The summed E-state index contributed by atoms with van der Waals surface area (Å²) < 4.78 is 10.9. The number of aromatic nitrogens is 2. The Morgan fingerprint density at radius 1 is 1.35 bits per heavy atom. The van der Waals surface area contributed by atoms with Crippen molar-refractivity contribution in [1.29, 1.82) is 0 Å². The Labute approximate surface area is 122 Å². The van der Waals surface area contributed by atoms with E-state index in [2.05, 4.69) is 15.5 Å². The van der Waals surface area contributed by atoms with Crippen molar-refractivity contribution in [1.82, 2.24) is 15.5 Å². The number of likely N-dealkylation sites (N-methyl/N-ethyl adjacent to an activating group) is 1. The minimum atomic E-state index is 0.0810. The Hall–Kier alpha value is -1.43. The van der Waals surface area contributed by atoms with Gasteiger partial charge < -0.3 is 14.6 Å². The topological polar surface area (TPSA) is 60.2 Å². The molecule has 2 aromatic rings. The Morgan fingerprint density at radius 2 is 2.20 bits per heavy atom. The molecule has 0 bridgehead atoms. The van der Waals surface area contributed by atoms with Gasteiger partial charge in [0.1, 0.15) is 0 Å². The molecule has 2 heterocycles. The number of hydrogen-bond acceptors (Lipinski definition) is 5. The van der Waals surface area contributed by atoms with Crippen molar-refractivity contribution >= 4 is 11.6 Å². The Balaban J connectivity index is 1.88. The number of ether oxygens (including phenoxy) is 1. The van der Waals surface area contributed by atoms with Gasteiger partial charge in [0.15, 0.2) is 0 Å². The first kappa shape index (κ1) is 13.5. The van der Waals surface area contributed by atoms with E-state index < -0.39 is 0 Å². The number of benzene rings is 1. The quantitative estimate of drug-likeness (QED) is 0.942. The molecule has 1 aliphatic rings. The molecule has 2 atom stereocenters. The monoisotopic (exact) mass is 293 g/mol. The van der Waals surface area contributed by atoms with Crippen LogP contribution in [0.3, 0.4) is 0 Å². The first-order valence-electron chi connectivity index (χ1n) is 6.63. The van der Waals surface area contributed by atoms with Crippen LogP contribution in [0.4, 0.5) is 0 Å². The minimum absolute atomic E-state index is 0.0810. The summed E-state index contributed by atoms with van der Waals surface area (Å²) in [7, 11) is 1.94. The molecule has 0 amide bonds. The smallest absolute Gasteiger partial charge is 0.233 e. The maximum Gasteiger partial charge on any atom is 0.233 e. The third-order valence-electron chi connectivity index (χ3n) is 3.60. The molecule has 1 N–H and O–H groups in total. The SMILES string of the molecule is CNC1CCOCC1c1nc(-c2ccccc2Cl)no1. The lowest BCUT2D eigenvalue weighted by Crippen LogP contribution is -2.39. The van der Waals surface area contributed by atoms with Crippen LogP contribution < -0.4 is 5.32 Å². The second-order valence-corrected chi connectivity index (χ2v) is 5.21. The van der Waals surface area contributed by atoms with E-state index in [-0.39, 0.29) is 5.92 Å². The predicted octanol–water partition coefficient (Wildman–Crippen LogP) is 2.48. The van der Waals surface area contributed by atoms with Gasteiger partial charge in [-0.2, -0.15) is 4.98 Å². The molecule has 0 saturated carbocycles. The van der Waals surface area contributed by atoms with Crippen LogP contribution in [0.2, 0.25) is 5.02 Å². The molecule has 0 aliphatic carbocycles. The van der Waals surface area contributed by atoms with Gasteiger partial charge in [-0.25, -0.2) is 0 Å². The first-order valence-corrected chi connectivity index (χ1v) is 7.01. The van der Waals surface area contributed by atoms with E-state index >= 15 is 0 Å². The van der Waals surface area contributed by atoms with Crippen LogP contribution in [0, 0.1) is 0 Å². The van der Waals surface area contributed by atoms with Crippen LogP contribution in [0.15, 0.2) is 28.8 Å². The van der Waals surface area contributed by atoms with Crippen molar-refractivity contribution in [2.75, 3.05) is 20.3 Å². The minimum Gasteiger partial charge on any atom is -0.381 e. The fourth-order valence-electron chi connectivity index (χ4n) is 2.46. The highest BCUT2D eigenvalue weighted by Crippen LogP contribution is 2.29. The maximum absolute atomic E-state index is 6.15. The number of nitrogens with one attached hydrogen (secondary N) is 1. The summed E-state index contributed by atoms with van der Waals surface area (Å²) >= 11 is 6.15. The molecule has 0 radical (unpaired) electrons. The summed E-state index contributed by atoms with van der Waals surface area (Å²) in [5.41, 5.74) is 0.780. The molecule has 1 fully saturated rings. The van der Waals surface area contributed by atoms with Crippen molar-refractivity contribution in [3.8, 4) is 11.4 Å². The molecule has 1 aromatic heterocycles. The molecule has 20 heavy (non-hydrogen) atoms. The third kappa shape index (κ3) is 2.57. The number of hydrogen-bond donors (Lipinski definition) is 1. The van der Waals surface area contributed by atoms with E-state index in [1.165, 1.54) is 0 Å². The average Bonchev–Trinajstić information content (AvgIpc) is 2.97. The summed E-state index contributed by atoms with van der Waals surface area (Å²) in [6.07, 6.45) is 0.935. The van der Waals surface area contributed by atoms with Crippen molar-refractivity contribution in [3.63, 3.8) is 0 Å². The second kappa shape index (κ2) is 5.91. The van der Waals surface area contributed by atoms with Gasteiger partial charge >= 0.3 is 0 Å². The number of rotatable bonds is 3. The zero-order valence-corrected chi connectivity index (χ0v) is 11.9. The molecule has 2 unspecified atom stereocenters. The molecular weight excluding hydrogens is 278 g/mol. The average molecular weight is 294 g/mol.